The summed E-state index contributed by atoms with van der Waals surface area (Å²) in [4.78, 5) is 4.41. The average Bonchev–Trinajstić information content (AvgIpc) is 2.64. The van der Waals surface area contributed by atoms with Crippen LogP contribution in [0.2, 0.25) is 0 Å². The van der Waals surface area contributed by atoms with E-state index in [0.29, 0.717) is 12.5 Å². The summed E-state index contributed by atoms with van der Waals surface area (Å²) in [6.45, 7) is 6.90. The van der Waals surface area contributed by atoms with Crippen molar-refractivity contribution < 1.29 is 0 Å². The first-order valence-electron chi connectivity index (χ1n) is 4.81. The van der Waals surface area contributed by atoms with Gasteiger partial charge in [-0.25, -0.2) is 4.98 Å². The highest BCUT2D eigenvalue weighted by molar-refractivity contribution is 5.00. The number of nitrogens with zero attached hydrogens (tertiary/aromatic N) is 2. The van der Waals surface area contributed by atoms with E-state index in [2.05, 4.69) is 29.0 Å². The number of aromatic amines is 1. The molecule has 0 aliphatic heterocycles. The van der Waals surface area contributed by atoms with Crippen LogP contribution in [0.4, 0.5) is 0 Å². The van der Waals surface area contributed by atoms with Crippen LogP contribution in [0.15, 0.2) is 0 Å². The first-order chi connectivity index (χ1) is 6.19. The molecule has 0 fully saturated rings. The van der Waals surface area contributed by atoms with Crippen molar-refractivity contribution in [1.82, 2.24) is 15.2 Å². The fraction of sp³-hybridized carbons (Fsp3) is 0.778. The van der Waals surface area contributed by atoms with Gasteiger partial charge in [-0.2, -0.15) is 5.10 Å². The fourth-order valence-electron chi connectivity index (χ4n) is 1.03. The molecule has 0 aliphatic rings. The van der Waals surface area contributed by atoms with Crippen molar-refractivity contribution in [3.05, 3.63) is 11.6 Å². The van der Waals surface area contributed by atoms with Gasteiger partial charge in [0.15, 0.2) is 5.82 Å². The molecule has 0 bridgehead atoms. The number of aromatic nitrogens is 3. The van der Waals surface area contributed by atoms with Gasteiger partial charge in [0.25, 0.3) is 0 Å². The molecule has 1 aromatic heterocycles. The summed E-state index contributed by atoms with van der Waals surface area (Å²) in [5.74, 6) is 2.50. The minimum absolute atomic E-state index is 0.244. The van der Waals surface area contributed by atoms with Gasteiger partial charge in [0.2, 0.25) is 0 Å². The van der Waals surface area contributed by atoms with E-state index >= 15 is 0 Å². The zero-order valence-corrected chi connectivity index (χ0v) is 8.54. The summed E-state index contributed by atoms with van der Waals surface area (Å²) in [6, 6.07) is 0. The van der Waals surface area contributed by atoms with Crippen LogP contribution in [0, 0.1) is 0 Å². The Balaban J connectivity index is 2.74. The standard InChI is InChI=1S/C9H18N4/c1-4-6(2)8-11-9(13-12-8)7(3)5-10/h6-7H,4-5,10H2,1-3H3,(H,11,12,13). The molecule has 13 heavy (non-hydrogen) atoms. The Kier molecular flexibility index (Phi) is 3.42. The molecule has 0 saturated heterocycles. The minimum Gasteiger partial charge on any atom is -0.330 e. The SMILES string of the molecule is CCC(C)c1nc(C(C)CN)n[nH]1. The Labute approximate surface area is 78.9 Å². The molecule has 74 valence electrons. The largest absolute Gasteiger partial charge is 0.330 e. The van der Waals surface area contributed by atoms with Gasteiger partial charge in [-0.15, -0.1) is 0 Å². The second-order valence-electron chi connectivity index (χ2n) is 3.52. The lowest BCUT2D eigenvalue weighted by atomic mass is 10.1. The number of rotatable bonds is 4. The molecule has 0 amide bonds. The second kappa shape index (κ2) is 4.37. The van der Waals surface area contributed by atoms with E-state index in [1.165, 1.54) is 0 Å². The van der Waals surface area contributed by atoms with E-state index in [-0.39, 0.29) is 5.92 Å². The summed E-state index contributed by atoms with van der Waals surface area (Å²) < 4.78 is 0. The molecule has 0 radical (unpaired) electrons. The third-order valence-electron chi connectivity index (χ3n) is 2.39. The molecule has 0 aliphatic carbocycles. The lowest BCUT2D eigenvalue weighted by Gasteiger charge is -2.02. The van der Waals surface area contributed by atoms with Gasteiger partial charge in [0.1, 0.15) is 5.82 Å². The van der Waals surface area contributed by atoms with Gasteiger partial charge in [0.05, 0.1) is 0 Å². The number of nitrogens with one attached hydrogen (secondary N) is 1. The molecule has 4 heteroatoms. The van der Waals surface area contributed by atoms with Gasteiger partial charge in [-0.1, -0.05) is 20.8 Å². The van der Waals surface area contributed by atoms with Gasteiger partial charge in [-0.3, -0.25) is 5.10 Å². The Morgan fingerprint density at radius 2 is 2.08 bits per heavy atom. The second-order valence-corrected chi connectivity index (χ2v) is 3.52. The Hall–Kier alpha value is -0.900. The summed E-state index contributed by atoms with van der Waals surface area (Å²) in [5, 5.41) is 7.09. The van der Waals surface area contributed by atoms with Crippen LogP contribution in [0.3, 0.4) is 0 Å². The van der Waals surface area contributed by atoms with Crippen molar-refractivity contribution in [3.8, 4) is 0 Å². The first kappa shape index (κ1) is 10.2. The molecule has 2 atom stereocenters. The predicted octanol–water partition coefficient (Wildman–Crippen LogP) is 1.38. The number of H-pyrrole nitrogens is 1. The van der Waals surface area contributed by atoms with Crippen LogP contribution in [0.1, 0.15) is 50.7 Å². The van der Waals surface area contributed by atoms with Crippen molar-refractivity contribution in [2.24, 2.45) is 5.73 Å². The van der Waals surface area contributed by atoms with Crippen molar-refractivity contribution >= 4 is 0 Å². The molecule has 4 nitrogen and oxygen atoms in total. The Morgan fingerprint density at radius 1 is 1.38 bits per heavy atom. The minimum atomic E-state index is 0.244. The lowest BCUT2D eigenvalue weighted by Crippen LogP contribution is -2.10. The number of nitrogens with two attached hydrogens (primary N) is 1. The first-order valence-corrected chi connectivity index (χ1v) is 4.81. The molecular formula is C9H18N4. The van der Waals surface area contributed by atoms with Crippen LogP contribution < -0.4 is 5.73 Å². The van der Waals surface area contributed by atoms with Crippen molar-refractivity contribution in [3.63, 3.8) is 0 Å². The van der Waals surface area contributed by atoms with E-state index in [0.717, 1.165) is 18.1 Å². The van der Waals surface area contributed by atoms with Gasteiger partial charge < -0.3 is 5.73 Å². The van der Waals surface area contributed by atoms with E-state index in [4.69, 9.17) is 5.73 Å². The molecule has 3 N–H and O–H groups in total. The average molecular weight is 182 g/mol. The zero-order chi connectivity index (χ0) is 9.84. The van der Waals surface area contributed by atoms with E-state index in [1.54, 1.807) is 0 Å². The maximum atomic E-state index is 5.53. The van der Waals surface area contributed by atoms with E-state index in [1.807, 2.05) is 6.92 Å². The highest BCUT2D eigenvalue weighted by atomic mass is 15.2. The number of hydrogen-bond acceptors (Lipinski definition) is 3. The zero-order valence-electron chi connectivity index (χ0n) is 8.54. The lowest BCUT2D eigenvalue weighted by molar-refractivity contribution is 0.678. The Morgan fingerprint density at radius 3 is 2.62 bits per heavy atom. The molecule has 1 aromatic rings. The maximum absolute atomic E-state index is 5.53. The number of hydrogen-bond donors (Lipinski definition) is 2. The van der Waals surface area contributed by atoms with Crippen LogP contribution in [0.25, 0.3) is 0 Å². The summed E-state index contributed by atoms with van der Waals surface area (Å²) in [7, 11) is 0. The molecule has 0 spiro atoms. The van der Waals surface area contributed by atoms with Gasteiger partial charge in [-0.05, 0) is 6.42 Å². The summed E-state index contributed by atoms with van der Waals surface area (Å²) in [6.07, 6.45) is 1.08. The van der Waals surface area contributed by atoms with E-state index < -0.39 is 0 Å². The molecular weight excluding hydrogens is 164 g/mol. The van der Waals surface area contributed by atoms with Gasteiger partial charge >= 0.3 is 0 Å². The molecule has 1 rings (SSSR count). The Bertz CT molecular complexity index is 231. The van der Waals surface area contributed by atoms with Crippen LogP contribution in [0.5, 0.6) is 0 Å². The van der Waals surface area contributed by atoms with Crippen LogP contribution in [-0.4, -0.2) is 21.7 Å². The summed E-state index contributed by atoms with van der Waals surface area (Å²) >= 11 is 0. The van der Waals surface area contributed by atoms with Crippen molar-refractivity contribution in [2.75, 3.05) is 6.54 Å². The third-order valence-corrected chi connectivity index (χ3v) is 2.39. The highest BCUT2D eigenvalue weighted by Crippen LogP contribution is 2.16. The maximum Gasteiger partial charge on any atom is 0.154 e. The quantitative estimate of drug-likeness (QED) is 0.739. The topological polar surface area (TPSA) is 67.6 Å². The fourth-order valence-corrected chi connectivity index (χ4v) is 1.03. The molecule has 2 unspecified atom stereocenters. The normalized spacial score (nSPS) is 15.7. The summed E-state index contributed by atoms with van der Waals surface area (Å²) in [5.41, 5.74) is 5.53. The van der Waals surface area contributed by atoms with Crippen LogP contribution in [-0.2, 0) is 0 Å². The molecule has 1 heterocycles. The molecule has 0 aromatic carbocycles. The third kappa shape index (κ3) is 2.28. The van der Waals surface area contributed by atoms with E-state index in [9.17, 15) is 0 Å². The van der Waals surface area contributed by atoms with Gasteiger partial charge in [0, 0.05) is 18.4 Å². The monoisotopic (exact) mass is 182 g/mol. The predicted molar refractivity (Wildman–Crippen MR) is 52.6 cm³/mol. The highest BCUT2D eigenvalue weighted by Gasteiger charge is 2.12. The molecule has 0 saturated carbocycles. The smallest absolute Gasteiger partial charge is 0.154 e. The van der Waals surface area contributed by atoms with Crippen molar-refractivity contribution in [1.29, 1.82) is 0 Å². The van der Waals surface area contributed by atoms with Crippen molar-refractivity contribution in [2.45, 2.75) is 39.0 Å². The van der Waals surface area contributed by atoms with Crippen LogP contribution >= 0.6 is 0 Å².